The van der Waals surface area contributed by atoms with Crippen LogP contribution in [0.2, 0.25) is 0 Å². The molecule has 0 saturated carbocycles. The van der Waals surface area contributed by atoms with Gasteiger partial charge in [0.05, 0.1) is 6.42 Å². The smallest absolute Gasteiger partial charge is 0.253 e. The largest absolute Gasteiger partial charge is 0.300 e. The third kappa shape index (κ3) is 4.60. The Morgan fingerprint density at radius 3 is 2.90 bits per heavy atom. The molecule has 4 aromatic heterocycles. The molecule has 29 heavy (non-hydrogen) atoms. The third-order valence-corrected chi connectivity index (χ3v) is 7.74. The zero-order valence-electron chi connectivity index (χ0n) is 15.9. The Labute approximate surface area is 183 Å². The summed E-state index contributed by atoms with van der Waals surface area (Å²) in [5.41, 5.74) is 2.47. The lowest BCUT2D eigenvalue weighted by molar-refractivity contribution is -0.115. The van der Waals surface area contributed by atoms with E-state index >= 15 is 0 Å². The number of hydrogen-bond donors (Lipinski definition) is 1. The number of aromatic nitrogens is 6. The Balaban J connectivity index is 1.43. The minimum Gasteiger partial charge on any atom is -0.300 e. The van der Waals surface area contributed by atoms with Crippen LogP contribution in [0.25, 0.3) is 5.78 Å². The van der Waals surface area contributed by atoms with Crippen LogP contribution in [0, 0.1) is 13.8 Å². The van der Waals surface area contributed by atoms with Crippen molar-refractivity contribution in [3.63, 3.8) is 0 Å². The van der Waals surface area contributed by atoms with Gasteiger partial charge in [-0.15, -0.1) is 26.6 Å². The number of aryl methyl sites for hydroxylation is 2. The van der Waals surface area contributed by atoms with Crippen molar-refractivity contribution in [2.45, 2.75) is 35.5 Å². The van der Waals surface area contributed by atoms with Gasteiger partial charge in [-0.25, -0.2) is 9.50 Å². The predicted octanol–water partition coefficient (Wildman–Crippen LogP) is 3.85. The van der Waals surface area contributed by atoms with Crippen molar-refractivity contribution in [1.82, 2.24) is 29.8 Å². The molecule has 1 amide bonds. The van der Waals surface area contributed by atoms with E-state index in [4.69, 9.17) is 0 Å². The highest BCUT2D eigenvalue weighted by Gasteiger charge is 2.17. The average Bonchev–Trinajstić information content (AvgIpc) is 3.44. The predicted molar refractivity (Wildman–Crippen MR) is 118 cm³/mol. The number of amides is 1. The monoisotopic (exact) mass is 463 g/mol. The molecular formula is C17H17N7OS4. The van der Waals surface area contributed by atoms with Crippen LogP contribution in [-0.2, 0) is 17.0 Å². The number of anilines is 1. The molecule has 4 aromatic rings. The number of nitrogens with zero attached hydrogens (tertiary/aromatic N) is 6. The Hall–Kier alpha value is -2.02. The van der Waals surface area contributed by atoms with Gasteiger partial charge < -0.3 is 5.32 Å². The molecule has 150 valence electrons. The van der Waals surface area contributed by atoms with Gasteiger partial charge >= 0.3 is 0 Å². The lowest BCUT2D eigenvalue weighted by Crippen LogP contribution is -2.17. The Morgan fingerprint density at radius 2 is 2.14 bits per heavy atom. The van der Waals surface area contributed by atoms with Crippen molar-refractivity contribution in [3.05, 3.63) is 39.3 Å². The first-order valence-electron chi connectivity index (χ1n) is 8.59. The molecule has 4 rings (SSSR count). The molecule has 0 atom stereocenters. The summed E-state index contributed by atoms with van der Waals surface area (Å²) in [6, 6.07) is 4.12. The maximum Gasteiger partial charge on any atom is 0.253 e. The molecule has 0 aliphatic rings. The number of carbonyl (C=O) groups is 1. The van der Waals surface area contributed by atoms with E-state index in [1.165, 1.54) is 28.0 Å². The summed E-state index contributed by atoms with van der Waals surface area (Å²) in [5, 5.41) is 18.7. The van der Waals surface area contributed by atoms with Crippen molar-refractivity contribution < 1.29 is 4.79 Å². The van der Waals surface area contributed by atoms with E-state index < -0.39 is 0 Å². The van der Waals surface area contributed by atoms with Crippen molar-refractivity contribution in [2.24, 2.45) is 0 Å². The number of thioether (sulfide) groups is 2. The number of hydrogen-bond acceptors (Lipinski definition) is 10. The fourth-order valence-electron chi connectivity index (χ4n) is 2.70. The topological polar surface area (TPSA) is 98.0 Å². The first-order chi connectivity index (χ1) is 14.0. The van der Waals surface area contributed by atoms with Gasteiger partial charge in [0, 0.05) is 27.6 Å². The summed E-state index contributed by atoms with van der Waals surface area (Å²) in [7, 11) is 0. The Kier molecular flexibility index (Phi) is 6.13. The number of rotatable bonds is 7. The Bertz CT molecular complexity index is 1150. The van der Waals surface area contributed by atoms with Crippen molar-refractivity contribution in [3.8, 4) is 0 Å². The normalized spacial score (nSPS) is 11.3. The maximum atomic E-state index is 12.6. The number of carbonyl (C=O) groups excluding carboxylic acids is 1. The molecular weight excluding hydrogens is 447 g/mol. The van der Waals surface area contributed by atoms with Crippen molar-refractivity contribution >= 4 is 63.0 Å². The second-order valence-electron chi connectivity index (χ2n) is 6.04. The van der Waals surface area contributed by atoms with E-state index in [1.54, 1.807) is 27.6 Å². The average molecular weight is 464 g/mol. The van der Waals surface area contributed by atoms with E-state index in [1.807, 2.05) is 26.2 Å². The summed E-state index contributed by atoms with van der Waals surface area (Å²) < 4.78 is 2.52. The minimum atomic E-state index is -0.159. The summed E-state index contributed by atoms with van der Waals surface area (Å²) in [6.45, 7) is 3.81. The van der Waals surface area contributed by atoms with Crippen molar-refractivity contribution in [2.75, 3.05) is 11.6 Å². The first-order valence-corrected chi connectivity index (χ1v) is 12.5. The maximum absolute atomic E-state index is 12.6. The van der Waals surface area contributed by atoms with E-state index in [0.717, 1.165) is 27.0 Å². The van der Waals surface area contributed by atoms with Crippen LogP contribution >= 0.6 is 46.2 Å². The number of fused-ring (bicyclic) bond motifs is 1. The molecule has 1 N–H and O–H groups in total. The van der Waals surface area contributed by atoms with Crippen LogP contribution in [0.4, 0.5) is 5.13 Å². The van der Waals surface area contributed by atoms with Gasteiger partial charge in [0.1, 0.15) is 0 Å². The second kappa shape index (κ2) is 8.78. The summed E-state index contributed by atoms with van der Waals surface area (Å²) in [6.07, 6.45) is 2.10. The fraction of sp³-hybridized carbons (Fsp3) is 0.294. The van der Waals surface area contributed by atoms with Crippen LogP contribution in [0.15, 0.2) is 27.0 Å². The molecule has 0 bridgehead atoms. The van der Waals surface area contributed by atoms with Crippen LogP contribution in [0.1, 0.15) is 21.8 Å². The first kappa shape index (κ1) is 20.3. The van der Waals surface area contributed by atoms with E-state index in [9.17, 15) is 4.79 Å². The minimum absolute atomic E-state index is 0.159. The second-order valence-corrected chi connectivity index (χ2v) is 10.0. The quantitative estimate of drug-likeness (QED) is 0.326. The summed E-state index contributed by atoms with van der Waals surface area (Å²) in [5.74, 6) is 1.24. The van der Waals surface area contributed by atoms with E-state index in [0.29, 0.717) is 16.1 Å². The number of nitrogens with one attached hydrogen (secondary N) is 1. The van der Waals surface area contributed by atoms with Gasteiger partial charge in [0.2, 0.25) is 16.2 Å². The van der Waals surface area contributed by atoms with Crippen LogP contribution in [0.5, 0.6) is 0 Å². The molecule has 0 radical (unpaired) electrons. The van der Waals surface area contributed by atoms with Gasteiger partial charge in [-0.05, 0) is 31.5 Å². The van der Waals surface area contributed by atoms with E-state index in [-0.39, 0.29) is 12.3 Å². The third-order valence-electron chi connectivity index (χ3n) is 4.12. The van der Waals surface area contributed by atoms with Crippen molar-refractivity contribution in [1.29, 1.82) is 0 Å². The zero-order chi connectivity index (χ0) is 20.4. The molecule has 12 heteroatoms. The molecule has 0 fully saturated rings. The summed E-state index contributed by atoms with van der Waals surface area (Å²) >= 11 is 6.17. The highest BCUT2D eigenvalue weighted by atomic mass is 32.2. The molecule has 0 aliphatic heterocycles. The van der Waals surface area contributed by atoms with Crippen LogP contribution in [-0.4, -0.2) is 41.9 Å². The number of thiophene rings is 1. The molecule has 0 spiro atoms. The molecule has 0 saturated heterocycles. The van der Waals surface area contributed by atoms with Gasteiger partial charge in [0.15, 0.2) is 4.34 Å². The molecule has 8 nitrogen and oxygen atoms in total. The molecule has 0 aliphatic carbocycles. The highest BCUT2D eigenvalue weighted by Crippen LogP contribution is 2.29. The van der Waals surface area contributed by atoms with Gasteiger partial charge in [-0.3, -0.25) is 4.79 Å². The Morgan fingerprint density at radius 1 is 1.28 bits per heavy atom. The molecule has 0 aromatic carbocycles. The molecule has 0 unspecified atom stereocenters. The SMILES string of the molecule is CSc1nc2nc(C)c(CC(=O)Nc3nnc(SCc4cccs4)s3)c(C)n2n1. The van der Waals surface area contributed by atoms with Gasteiger partial charge in [-0.2, -0.15) is 4.98 Å². The standard InChI is InChI=1S/C17H17N7OS4/c1-9-12(10(2)24-14(18-9)20-16(23-24)26-3)7-13(25)19-15-21-22-17(29-15)28-8-11-5-4-6-27-11/h4-6H,7-8H2,1-3H3,(H,19,21,25). The van der Waals surface area contributed by atoms with Crippen LogP contribution < -0.4 is 5.32 Å². The fourth-order valence-corrected chi connectivity index (χ4v) is 5.58. The van der Waals surface area contributed by atoms with Gasteiger partial charge in [0.25, 0.3) is 5.78 Å². The van der Waals surface area contributed by atoms with Gasteiger partial charge in [-0.1, -0.05) is 40.9 Å². The van der Waals surface area contributed by atoms with Crippen LogP contribution in [0.3, 0.4) is 0 Å². The van der Waals surface area contributed by atoms with E-state index in [2.05, 4.69) is 42.0 Å². The summed E-state index contributed by atoms with van der Waals surface area (Å²) in [4.78, 5) is 22.7. The lowest BCUT2D eigenvalue weighted by atomic mass is 10.1. The lowest BCUT2D eigenvalue weighted by Gasteiger charge is -2.09. The molecule has 4 heterocycles. The highest BCUT2D eigenvalue weighted by molar-refractivity contribution is 8.00. The zero-order valence-corrected chi connectivity index (χ0v) is 19.1.